The third-order valence-electron chi connectivity index (χ3n) is 2.71. The van der Waals surface area contributed by atoms with E-state index < -0.39 is 6.09 Å². The number of thiazole rings is 1. The van der Waals surface area contributed by atoms with Crippen LogP contribution in [0, 0.1) is 0 Å². The normalized spacial score (nSPS) is 10.5. The molecule has 0 atom stereocenters. The number of carbonyl (C=O) groups excluding carboxylic acids is 2. The molecule has 0 unspecified atom stereocenters. The molecule has 1 aromatic heterocycles. The summed E-state index contributed by atoms with van der Waals surface area (Å²) in [6.07, 6.45) is 4.67. The largest absolute Gasteiger partial charge is 0.445 e. The van der Waals surface area contributed by atoms with Gasteiger partial charge in [0.25, 0.3) is 0 Å². The number of alkyl carbamates (subject to hydrolysis) is 1. The standard InChI is InChI=1S/C16H16N2O3S/c19-10-14-12-22-15(18-14)8-4-5-9-17-16(20)21-11-13-6-2-1-3-7-13/h1-4,6-8,10,12H,5,9,11H2,(H,17,20). The molecule has 2 rings (SSSR count). The minimum absolute atomic E-state index is 0.260. The molecule has 0 saturated carbocycles. The van der Waals surface area contributed by atoms with Gasteiger partial charge in [0.15, 0.2) is 6.29 Å². The van der Waals surface area contributed by atoms with Crippen LogP contribution in [-0.2, 0) is 11.3 Å². The van der Waals surface area contributed by atoms with Crippen molar-refractivity contribution in [3.05, 3.63) is 58.1 Å². The Bertz CT molecular complexity index is 638. The van der Waals surface area contributed by atoms with Crippen molar-refractivity contribution in [2.75, 3.05) is 6.54 Å². The van der Waals surface area contributed by atoms with Gasteiger partial charge in [-0.2, -0.15) is 0 Å². The van der Waals surface area contributed by atoms with E-state index in [1.165, 1.54) is 11.3 Å². The van der Waals surface area contributed by atoms with Gasteiger partial charge < -0.3 is 10.1 Å². The smallest absolute Gasteiger partial charge is 0.407 e. The van der Waals surface area contributed by atoms with Crippen LogP contribution >= 0.6 is 11.3 Å². The third-order valence-corrected chi connectivity index (χ3v) is 3.54. The van der Waals surface area contributed by atoms with Crippen LogP contribution in [0.1, 0.15) is 27.5 Å². The van der Waals surface area contributed by atoms with Gasteiger partial charge in [0.05, 0.1) is 0 Å². The van der Waals surface area contributed by atoms with E-state index in [2.05, 4.69) is 10.3 Å². The topological polar surface area (TPSA) is 68.3 Å². The number of hydrogen-bond donors (Lipinski definition) is 1. The van der Waals surface area contributed by atoms with Crippen molar-refractivity contribution < 1.29 is 14.3 Å². The average molecular weight is 316 g/mol. The summed E-state index contributed by atoms with van der Waals surface area (Å²) in [5.41, 5.74) is 1.39. The number of ether oxygens (including phenoxy) is 1. The van der Waals surface area contributed by atoms with Crippen molar-refractivity contribution in [3.8, 4) is 0 Å². The van der Waals surface area contributed by atoms with Crippen molar-refractivity contribution in [2.45, 2.75) is 13.0 Å². The molecule has 0 aliphatic rings. The molecule has 0 fully saturated rings. The number of amides is 1. The van der Waals surface area contributed by atoms with Crippen LogP contribution in [0.3, 0.4) is 0 Å². The Hall–Kier alpha value is -2.47. The van der Waals surface area contributed by atoms with Crippen LogP contribution in [0.5, 0.6) is 0 Å². The first-order valence-corrected chi connectivity index (χ1v) is 7.67. The lowest BCUT2D eigenvalue weighted by molar-refractivity contribution is 0.111. The predicted octanol–water partition coefficient (Wildman–Crippen LogP) is 3.29. The summed E-state index contributed by atoms with van der Waals surface area (Å²) in [4.78, 5) is 26.1. The number of hydrogen-bond acceptors (Lipinski definition) is 5. The average Bonchev–Trinajstić information content (AvgIpc) is 3.01. The number of rotatable bonds is 7. The van der Waals surface area contributed by atoms with Gasteiger partial charge in [-0.15, -0.1) is 11.3 Å². The number of aromatic nitrogens is 1. The molecule has 2 aromatic rings. The molecule has 1 aromatic carbocycles. The molecule has 1 heterocycles. The quantitative estimate of drug-likeness (QED) is 0.628. The predicted molar refractivity (Wildman–Crippen MR) is 85.8 cm³/mol. The maximum atomic E-state index is 11.5. The molecule has 0 bridgehead atoms. The number of aldehydes is 1. The van der Waals surface area contributed by atoms with Gasteiger partial charge in [-0.05, 0) is 18.1 Å². The van der Waals surface area contributed by atoms with E-state index in [9.17, 15) is 9.59 Å². The van der Waals surface area contributed by atoms with E-state index in [1.807, 2.05) is 42.5 Å². The molecule has 0 aliphatic heterocycles. The number of nitrogens with zero attached hydrogens (tertiary/aromatic N) is 1. The summed E-state index contributed by atoms with van der Waals surface area (Å²) < 4.78 is 5.09. The van der Waals surface area contributed by atoms with Gasteiger partial charge in [-0.1, -0.05) is 36.4 Å². The lowest BCUT2D eigenvalue weighted by Crippen LogP contribution is -2.24. The Balaban J connectivity index is 1.61. The first kappa shape index (κ1) is 15.9. The van der Waals surface area contributed by atoms with E-state index in [0.717, 1.165) is 16.9 Å². The van der Waals surface area contributed by atoms with E-state index in [-0.39, 0.29) is 6.61 Å². The van der Waals surface area contributed by atoms with Gasteiger partial charge in [0.1, 0.15) is 17.3 Å². The van der Waals surface area contributed by atoms with Crippen molar-refractivity contribution in [1.82, 2.24) is 10.3 Å². The zero-order valence-corrected chi connectivity index (χ0v) is 12.7. The van der Waals surface area contributed by atoms with Crippen LogP contribution in [0.15, 0.2) is 41.8 Å². The summed E-state index contributed by atoms with van der Waals surface area (Å²) >= 11 is 1.40. The van der Waals surface area contributed by atoms with E-state index in [0.29, 0.717) is 18.7 Å². The second kappa shape index (κ2) is 8.74. The molecule has 0 radical (unpaired) electrons. The minimum Gasteiger partial charge on any atom is -0.445 e. The molecule has 114 valence electrons. The molecular formula is C16H16N2O3S. The lowest BCUT2D eigenvalue weighted by Gasteiger charge is -2.05. The van der Waals surface area contributed by atoms with Crippen molar-refractivity contribution >= 4 is 29.8 Å². The second-order valence-corrected chi connectivity index (χ2v) is 5.30. The maximum absolute atomic E-state index is 11.5. The minimum atomic E-state index is -0.435. The molecule has 0 saturated heterocycles. The van der Waals surface area contributed by atoms with Crippen LogP contribution in [0.2, 0.25) is 0 Å². The summed E-state index contributed by atoms with van der Waals surface area (Å²) in [7, 11) is 0. The van der Waals surface area contributed by atoms with Crippen molar-refractivity contribution in [3.63, 3.8) is 0 Å². The highest BCUT2D eigenvalue weighted by Gasteiger charge is 2.01. The van der Waals surface area contributed by atoms with Gasteiger partial charge in [-0.25, -0.2) is 9.78 Å². The van der Waals surface area contributed by atoms with Gasteiger partial charge >= 0.3 is 6.09 Å². The highest BCUT2D eigenvalue weighted by atomic mass is 32.1. The van der Waals surface area contributed by atoms with E-state index in [4.69, 9.17) is 4.74 Å². The molecular weight excluding hydrogens is 300 g/mol. The zero-order chi connectivity index (χ0) is 15.6. The van der Waals surface area contributed by atoms with Crippen molar-refractivity contribution in [2.24, 2.45) is 0 Å². The van der Waals surface area contributed by atoms with E-state index >= 15 is 0 Å². The number of nitrogens with one attached hydrogen (secondary N) is 1. The zero-order valence-electron chi connectivity index (χ0n) is 11.9. The molecule has 5 nitrogen and oxygen atoms in total. The summed E-state index contributed by atoms with van der Waals surface area (Å²) in [5.74, 6) is 0. The third kappa shape index (κ3) is 5.49. The monoisotopic (exact) mass is 316 g/mol. The summed E-state index contributed by atoms with van der Waals surface area (Å²) in [6.45, 7) is 0.742. The molecule has 0 spiro atoms. The first-order valence-electron chi connectivity index (χ1n) is 6.80. The van der Waals surface area contributed by atoms with Gasteiger partial charge in [0.2, 0.25) is 0 Å². The Morgan fingerprint density at radius 1 is 1.32 bits per heavy atom. The second-order valence-electron chi connectivity index (χ2n) is 4.41. The fourth-order valence-electron chi connectivity index (χ4n) is 1.65. The summed E-state index contributed by atoms with van der Waals surface area (Å²) in [5, 5.41) is 5.14. The number of carbonyl (C=O) groups is 2. The highest BCUT2D eigenvalue weighted by Crippen LogP contribution is 2.10. The van der Waals surface area contributed by atoms with Crippen LogP contribution in [-0.4, -0.2) is 23.9 Å². The van der Waals surface area contributed by atoms with Crippen LogP contribution in [0.25, 0.3) is 6.08 Å². The first-order chi connectivity index (χ1) is 10.8. The molecule has 22 heavy (non-hydrogen) atoms. The Kier molecular flexibility index (Phi) is 6.32. The Labute approximate surface area is 132 Å². The molecule has 1 amide bonds. The molecule has 6 heteroatoms. The van der Waals surface area contributed by atoms with Gasteiger partial charge in [0, 0.05) is 11.9 Å². The molecule has 0 aliphatic carbocycles. The number of benzene rings is 1. The Morgan fingerprint density at radius 3 is 2.86 bits per heavy atom. The SMILES string of the molecule is O=Cc1csc(C=CCCNC(=O)OCc2ccccc2)n1. The van der Waals surface area contributed by atoms with E-state index in [1.54, 1.807) is 5.38 Å². The summed E-state index contributed by atoms with van der Waals surface area (Å²) in [6, 6.07) is 9.51. The Morgan fingerprint density at radius 2 is 2.14 bits per heavy atom. The highest BCUT2D eigenvalue weighted by molar-refractivity contribution is 7.10. The van der Waals surface area contributed by atoms with Crippen LogP contribution < -0.4 is 5.32 Å². The maximum Gasteiger partial charge on any atom is 0.407 e. The lowest BCUT2D eigenvalue weighted by atomic mass is 10.2. The van der Waals surface area contributed by atoms with Crippen LogP contribution in [0.4, 0.5) is 4.79 Å². The molecule has 1 N–H and O–H groups in total. The fourth-order valence-corrected chi connectivity index (χ4v) is 2.33. The van der Waals surface area contributed by atoms with Gasteiger partial charge in [-0.3, -0.25) is 4.79 Å². The van der Waals surface area contributed by atoms with Crippen molar-refractivity contribution in [1.29, 1.82) is 0 Å². The fraction of sp³-hybridized carbons (Fsp3) is 0.188.